The quantitative estimate of drug-likeness (QED) is 0.0437. The van der Waals surface area contributed by atoms with E-state index in [0.29, 0.717) is 31.6 Å². The topological polar surface area (TPSA) is 216 Å². The number of aliphatic carboxylic acids is 1. The fourth-order valence-electron chi connectivity index (χ4n) is 6.90. The highest BCUT2D eigenvalue weighted by atomic mass is 32.2. The Labute approximate surface area is 358 Å². The molecular weight excluding hydrogens is 813 g/mol. The van der Waals surface area contributed by atoms with Crippen molar-refractivity contribution in [1.29, 1.82) is 0 Å². The van der Waals surface area contributed by atoms with Crippen LogP contribution < -0.4 is 21.7 Å². The number of imide groups is 1. The molecule has 0 bridgehead atoms. The number of aliphatic hydroxyl groups is 1. The van der Waals surface area contributed by atoms with Crippen LogP contribution in [0.4, 0.5) is 8.78 Å². The lowest BCUT2D eigenvalue weighted by Gasteiger charge is -2.41. The summed E-state index contributed by atoms with van der Waals surface area (Å²) >= 11 is 1.23. The van der Waals surface area contributed by atoms with Crippen molar-refractivity contribution in [3.63, 3.8) is 0 Å². The van der Waals surface area contributed by atoms with Crippen molar-refractivity contribution in [2.75, 3.05) is 44.2 Å². The van der Waals surface area contributed by atoms with E-state index in [2.05, 4.69) is 16.0 Å². The number of carboxylic acid groups (broad SMARTS) is 1. The number of aliphatic hydroxyl groups excluding tert-OH is 1. The molecule has 0 saturated carbocycles. The lowest BCUT2D eigenvalue weighted by atomic mass is 9.83. The number of halogens is 2. The van der Waals surface area contributed by atoms with Crippen LogP contribution in [0, 0.1) is 17.0 Å². The van der Waals surface area contributed by atoms with Gasteiger partial charge in [-0.1, -0.05) is 51.1 Å². The Morgan fingerprint density at radius 3 is 2.31 bits per heavy atom. The number of aromatic nitrogens is 1. The van der Waals surface area contributed by atoms with Crippen LogP contribution in [0.15, 0.2) is 72.9 Å². The van der Waals surface area contributed by atoms with Crippen LogP contribution in [0.5, 0.6) is 0 Å². The van der Waals surface area contributed by atoms with Gasteiger partial charge in [0.2, 0.25) is 17.7 Å². The molecule has 7 N–H and O–H groups in total. The minimum Gasteiger partial charge on any atom is -0.481 e. The van der Waals surface area contributed by atoms with E-state index in [4.69, 9.17) is 5.73 Å². The molecule has 3 atom stereocenters. The van der Waals surface area contributed by atoms with Crippen molar-refractivity contribution in [1.82, 2.24) is 30.3 Å². The number of rotatable bonds is 24. The van der Waals surface area contributed by atoms with Gasteiger partial charge < -0.3 is 36.0 Å². The van der Waals surface area contributed by atoms with Gasteiger partial charge in [-0.25, -0.2) is 8.78 Å². The summed E-state index contributed by atoms with van der Waals surface area (Å²) in [5, 5.41) is 27.9. The molecular formula is C43H55F2N7O8S. The van der Waals surface area contributed by atoms with E-state index in [1.807, 2.05) is 55.7 Å². The Hall–Kier alpha value is -5.43. The number of thioether (sulfide) groups is 1. The second-order valence-corrected chi connectivity index (χ2v) is 16.7. The molecule has 0 radical (unpaired) electrons. The average Bonchev–Trinajstić information content (AvgIpc) is 3.76. The number of amides is 5. The van der Waals surface area contributed by atoms with Gasteiger partial charge in [-0.3, -0.25) is 39.0 Å². The molecule has 0 aliphatic carbocycles. The molecule has 1 aliphatic heterocycles. The molecule has 1 unspecified atom stereocenters. The predicted octanol–water partition coefficient (Wildman–Crippen LogP) is 3.17. The van der Waals surface area contributed by atoms with Crippen LogP contribution in [-0.2, 0) is 35.3 Å². The molecule has 0 spiro atoms. The minimum absolute atomic E-state index is 0.00411. The van der Waals surface area contributed by atoms with Gasteiger partial charge >= 0.3 is 5.97 Å². The number of carboxylic acids is 1. The van der Waals surface area contributed by atoms with Crippen molar-refractivity contribution in [3.05, 3.63) is 95.8 Å². The van der Waals surface area contributed by atoms with Crippen LogP contribution in [0.3, 0.4) is 0 Å². The third-order valence-corrected chi connectivity index (χ3v) is 10.7. The van der Waals surface area contributed by atoms with Gasteiger partial charge in [0.05, 0.1) is 17.8 Å². The van der Waals surface area contributed by atoms with Gasteiger partial charge in [0.15, 0.2) is 0 Å². The summed E-state index contributed by atoms with van der Waals surface area (Å²) < 4.78 is 31.5. The standard InChI is InChI=1S/C43H55F2N7O8S/c1-43(2,3)41(34-22-29(31-23-30(44)10-11-32(31)45)25-50(34)24-28-8-5-4-6-9-28)51(20-7-17-46)39(57)27-61-21-16-35(53)49-33(12-15-40(58)59)42(60)48-19-18-47-36(54)26-52-37(55)13-14-38(52)56/h4-6,8-11,13-14,22-23,25,33,41-42,48,60H,7,12,15-21,24,26-27,46H2,1-3H3,(H,47,54)(H,49,53)(H,58,59)/t33-,41-,42?/m0/s1. The molecule has 61 heavy (non-hydrogen) atoms. The number of carbonyl (C=O) groups is 6. The fourth-order valence-corrected chi connectivity index (χ4v) is 7.71. The first kappa shape index (κ1) is 48.2. The van der Waals surface area contributed by atoms with E-state index >= 15 is 4.39 Å². The van der Waals surface area contributed by atoms with Crippen molar-refractivity contribution in [3.8, 4) is 11.1 Å². The molecule has 0 saturated heterocycles. The fraction of sp³-hybridized carbons (Fsp3) is 0.442. The maximum Gasteiger partial charge on any atom is 0.303 e. The van der Waals surface area contributed by atoms with E-state index in [0.717, 1.165) is 46.5 Å². The highest BCUT2D eigenvalue weighted by molar-refractivity contribution is 7.99. The molecule has 0 fully saturated rings. The SMILES string of the molecule is CC(C)(C)[C@H](c1cc(-c2cc(F)ccc2F)cn1Cc1ccccc1)N(CCCN)C(=O)CSCCC(=O)N[C@@H](CCC(=O)O)C(O)NCCNC(=O)CN1C(=O)C=CC1=O. The maximum absolute atomic E-state index is 15.1. The van der Waals surface area contributed by atoms with Crippen molar-refractivity contribution in [2.24, 2.45) is 11.1 Å². The number of benzene rings is 2. The predicted molar refractivity (Wildman–Crippen MR) is 227 cm³/mol. The zero-order valence-corrected chi connectivity index (χ0v) is 35.4. The van der Waals surface area contributed by atoms with Gasteiger partial charge in [-0.05, 0) is 54.6 Å². The van der Waals surface area contributed by atoms with Crippen LogP contribution >= 0.6 is 11.8 Å². The summed E-state index contributed by atoms with van der Waals surface area (Å²) in [4.78, 5) is 76.6. The second-order valence-electron chi connectivity index (χ2n) is 15.6. The number of nitrogens with one attached hydrogen (secondary N) is 3. The van der Waals surface area contributed by atoms with Crippen molar-refractivity contribution in [2.45, 2.75) is 71.3 Å². The normalized spacial score (nSPS) is 14.2. The molecule has 18 heteroatoms. The van der Waals surface area contributed by atoms with Crippen LogP contribution in [0.25, 0.3) is 11.1 Å². The summed E-state index contributed by atoms with van der Waals surface area (Å²) in [5.74, 6) is -4.59. The molecule has 1 aromatic heterocycles. The van der Waals surface area contributed by atoms with Crippen LogP contribution in [-0.4, -0.2) is 117 Å². The molecule has 5 amide bonds. The highest BCUT2D eigenvalue weighted by Gasteiger charge is 2.37. The number of carbonyl (C=O) groups excluding carboxylic acids is 5. The Balaban J connectivity index is 1.40. The number of hydrogen-bond acceptors (Lipinski definition) is 10. The lowest BCUT2D eigenvalue weighted by Crippen LogP contribution is -2.52. The largest absolute Gasteiger partial charge is 0.481 e. The second kappa shape index (κ2) is 23.0. The van der Waals surface area contributed by atoms with Gasteiger partial charge in [0, 0.05) is 79.9 Å². The maximum atomic E-state index is 15.1. The lowest BCUT2D eigenvalue weighted by molar-refractivity contribution is -0.141. The van der Waals surface area contributed by atoms with Crippen molar-refractivity contribution < 1.29 is 47.8 Å². The number of nitrogens with zero attached hydrogens (tertiary/aromatic N) is 3. The highest BCUT2D eigenvalue weighted by Crippen LogP contribution is 2.41. The summed E-state index contributed by atoms with van der Waals surface area (Å²) in [5.41, 5.74) is 7.64. The monoisotopic (exact) mass is 867 g/mol. The van der Waals surface area contributed by atoms with Crippen molar-refractivity contribution >= 4 is 47.3 Å². The number of hydrogen-bond donors (Lipinski definition) is 6. The Morgan fingerprint density at radius 1 is 0.951 bits per heavy atom. The summed E-state index contributed by atoms with van der Waals surface area (Å²) in [6.07, 6.45) is 2.49. The summed E-state index contributed by atoms with van der Waals surface area (Å²) in [7, 11) is 0. The summed E-state index contributed by atoms with van der Waals surface area (Å²) in [6.45, 7) is 6.57. The van der Waals surface area contributed by atoms with Gasteiger partial charge in [0.1, 0.15) is 24.4 Å². The van der Waals surface area contributed by atoms with Gasteiger partial charge in [-0.15, -0.1) is 0 Å². The smallest absolute Gasteiger partial charge is 0.303 e. The molecule has 3 aromatic rings. The molecule has 1 aliphatic rings. The van der Waals surface area contributed by atoms with Gasteiger partial charge in [0.25, 0.3) is 11.8 Å². The minimum atomic E-state index is -1.38. The Bertz CT molecular complexity index is 2020. The van der Waals surface area contributed by atoms with Gasteiger partial charge in [-0.2, -0.15) is 11.8 Å². The molecule has 2 heterocycles. The Kier molecular flexibility index (Phi) is 18.2. The molecule has 330 valence electrons. The van der Waals surface area contributed by atoms with E-state index in [1.165, 1.54) is 11.8 Å². The van der Waals surface area contributed by atoms with E-state index in [-0.39, 0.29) is 55.3 Å². The average molecular weight is 868 g/mol. The summed E-state index contributed by atoms with van der Waals surface area (Å²) in [6, 6.07) is 13.2. The van der Waals surface area contributed by atoms with E-state index < -0.39 is 71.5 Å². The third-order valence-electron chi connectivity index (χ3n) is 9.80. The Morgan fingerprint density at radius 2 is 1.66 bits per heavy atom. The molecule has 2 aromatic carbocycles. The first-order valence-corrected chi connectivity index (χ1v) is 21.1. The van der Waals surface area contributed by atoms with Crippen LogP contribution in [0.2, 0.25) is 0 Å². The number of nitrogens with two attached hydrogens (primary N) is 1. The zero-order valence-electron chi connectivity index (χ0n) is 34.6. The first-order valence-electron chi connectivity index (χ1n) is 20.0. The van der Waals surface area contributed by atoms with Crippen LogP contribution in [0.1, 0.15) is 63.8 Å². The molecule has 15 nitrogen and oxygen atoms in total. The molecule has 4 rings (SSSR count). The first-order chi connectivity index (χ1) is 29.0. The third kappa shape index (κ3) is 14.6. The van der Waals surface area contributed by atoms with E-state index in [1.54, 1.807) is 17.2 Å². The van der Waals surface area contributed by atoms with E-state index in [9.17, 15) is 43.4 Å². The zero-order chi connectivity index (χ0) is 44.7.